The van der Waals surface area contributed by atoms with Crippen molar-refractivity contribution in [1.29, 1.82) is 0 Å². The molecule has 1 saturated carbocycles. The van der Waals surface area contributed by atoms with Crippen LogP contribution in [0.2, 0.25) is 0 Å². The Morgan fingerprint density at radius 3 is 2.23 bits per heavy atom. The minimum Gasteiger partial charge on any atom is -0.294 e. The fourth-order valence-corrected chi connectivity index (χ4v) is 2.24. The summed E-state index contributed by atoms with van der Waals surface area (Å²) < 4.78 is 0. The van der Waals surface area contributed by atoms with Crippen molar-refractivity contribution in [2.75, 3.05) is 0 Å². The van der Waals surface area contributed by atoms with Gasteiger partial charge in [-0.2, -0.15) is 0 Å². The smallest absolute Gasteiger partial charge is 0.161 e. The zero-order valence-corrected chi connectivity index (χ0v) is 9.02. The molecule has 1 nitrogen and oxygen atoms in total. The van der Waals surface area contributed by atoms with Gasteiger partial charge in [-0.3, -0.25) is 4.79 Å². The van der Waals surface area contributed by atoms with E-state index in [1.807, 2.05) is 19.9 Å². The SMILES string of the molecule is CCC1(C(=O)C=C(C)C)CCCC1. The maximum Gasteiger partial charge on any atom is 0.161 e. The van der Waals surface area contributed by atoms with E-state index in [-0.39, 0.29) is 5.41 Å². The molecule has 0 atom stereocenters. The largest absolute Gasteiger partial charge is 0.294 e. The lowest BCUT2D eigenvalue weighted by Gasteiger charge is -2.23. The van der Waals surface area contributed by atoms with E-state index in [2.05, 4.69) is 6.92 Å². The number of ketones is 1. The number of allylic oxidation sites excluding steroid dienone is 2. The zero-order valence-electron chi connectivity index (χ0n) is 9.02. The van der Waals surface area contributed by atoms with E-state index in [4.69, 9.17) is 0 Å². The highest BCUT2D eigenvalue weighted by molar-refractivity contribution is 5.95. The maximum absolute atomic E-state index is 11.9. The van der Waals surface area contributed by atoms with Crippen LogP contribution in [0.4, 0.5) is 0 Å². The molecule has 0 bridgehead atoms. The highest BCUT2D eigenvalue weighted by atomic mass is 16.1. The average molecular weight is 180 g/mol. The van der Waals surface area contributed by atoms with Crippen LogP contribution in [0.1, 0.15) is 52.9 Å². The van der Waals surface area contributed by atoms with Gasteiger partial charge in [-0.05, 0) is 39.2 Å². The van der Waals surface area contributed by atoms with Crippen LogP contribution in [-0.4, -0.2) is 5.78 Å². The summed E-state index contributed by atoms with van der Waals surface area (Å²) in [6.07, 6.45) is 7.51. The first-order valence-corrected chi connectivity index (χ1v) is 5.30. The first kappa shape index (κ1) is 10.5. The van der Waals surface area contributed by atoms with Crippen LogP contribution in [0.15, 0.2) is 11.6 Å². The van der Waals surface area contributed by atoms with Gasteiger partial charge in [0.2, 0.25) is 0 Å². The zero-order chi connectivity index (χ0) is 9.90. The fourth-order valence-electron chi connectivity index (χ4n) is 2.24. The summed E-state index contributed by atoms with van der Waals surface area (Å²) in [6.45, 7) is 6.13. The number of carbonyl (C=O) groups excluding carboxylic acids is 1. The molecule has 0 spiro atoms. The monoisotopic (exact) mass is 180 g/mol. The molecule has 0 saturated heterocycles. The van der Waals surface area contributed by atoms with Crippen molar-refractivity contribution in [3.63, 3.8) is 0 Å². The Morgan fingerprint density at radius 1 is 1.31 bits per heavy atom. The lowest BCUT2D eigenvalue weighted by atomic mass is 9.78. The molecule has 1 aliphatic carbocycles. The average Bonchev–Trinajstić information content (AvgIpc) is 2.51. The van der Waals surface area contributed by atoms with Crippen LogP contribution in [-0.2, 0) is 4.79 Å². The van der Waals surface area contributed by atoms with Crippen LogP contribution < -0.4 is 0 Å². The van der Waals surface area contributed by atoms with Crippen molar-refractivity contribution < 1.29 is 4.79 Å². The van der Waals surface area contributed by atoms with Gasteiger partial charge in [0.15, 0.2) is 5.78 Å². The molecule has 0 aromatic rings. The Kier molecular flexibility index (Phi) is 3.29. The molecule has 13 heavy (non-hydrogen) atoms. The number of carbonyl (C=O) groups is 1. The minimum atomic E-state index is 0.0112. The van der Waals surface area contributed by atoms with E-state index in [1.54, 1.807) is 0 Å². The second kappa shape index (κ2) is 4.08. The molecule has 1 fully saturated rings. The number of hydrogen-bond donors (Lipinski definition) is 0. The number of hydrogen-bond acceptors (Lipinski definition) is 1. The molecule has 0 N–H and O–H groups in total. The number of rotatable bonds is 3. The Hall–Kier alpha value is -0.590. The third kappa shape index (κ3) is 2.20. The van der Waals surface area contributed by atoms with E-state index in [1.165, 1.54) is 12.8 Å². The van der Waals surface area contributed by atoms with E-state index in [0.717, 1.165) is 24.8 Å². The molecule has 0 heterocycles. The Morgan fingerprint density at radius 2 is 1.85 bits per heavy atom. The van der Waals surface area contributed by atoms with Crippen molar-refractivity contribution in [2.24, 2.45) is 5.41 Å². The standard InChI is InChI=1S/C12H20O/c1-4-12(7-5-6-8-12)11(13)9-10(2)3/h9H,4-8H2,1-3H3. The van der Waals surface area contributed by atoms with Gasteiger partial charge in [0.05, 0.1) is 0 Å². The Labute approximate surface area is 81.2 Å². The molecule has 0 aromatic heterocycles. The van der Waals surface area contributed by atoms with E-state index in [0.29, 0.717) is 5.78 Å². The van der Waals surface area contributed by atoms with Gasteiger partial charge in [-0.25, -0.2) is 0 Å². The topological polar surface area (TPSA) is 17.1 Å². The summed E-state index contributed by atoms with van der Waals surface area (Å²) in [6, 6.07) is 0. The first-order chi connectivity index (χ1) is 6.10. The molecule has 1 aliphatic rings. The Balaban J connectivity index is 2.77. The van der Waals surface area contributed by atoms with Crippen LogP contribution in [0.25, 0.3) is 0 Å². The predicted molar refractivity (Wildman–Crippen MR) is 55.6 cm³/mol. The van der Waals surface area contributed by atoms with Crippen molar-refractivity contribution in [1.82, 2.24) is 0 Å². The summed E-state index contributed by atoms with van der Waals surface area (Å²) in [5, 5.41) is 0. The van der Waals surface area contributed by atoms with Crippen molar-refractivity contribution >= 4 is 5.78 Å². The summed E-state index contributed by atoms with van der Waals surface area (Å²) in [5.74, 6) is 0.368. The molecule has 74 valence electrons. The van der Waals surface area contributed by atoms with Gasteiger partial charge in [0, 0.05) is 5.41 Å². The van der Waals surface area contributed by atoms with Gasteiger partial charge >= 0.3 is 0 Å². The van der Waals surface area contributed by atoms with Crippen molar-refractivity contribution in [2.45, 2.75) is 52.9 Å². The summed E-state index contributed by atoms with van der Waals surface area (Å²) in [5.41, 5.74) is 1.14. The second-order valence-electron chi connectivity index (χ2n) is 4.43. The van der Waals surface area contributed by atoms with Gasteiger partial charge < -0.3 is 0 Å². The van der Waals surface area contributed by atoms with Gasteiger partial charge in [-0.1, -0.05) is 25.3 Å². The van der Waals surface area contributed by atoms with Crippen LogP contribution in [0, 0.1) is 5.41 Å². The molecule has 0 aliphatic heterocycles. The Bertz CT molecular complexity index is 215. The van der Waals surface area contributed by atoms with Crippen molar-refractivity contribution in [3.8, 4) is 0 Å². The fraction of sp³-hybridized carbons (Fsp3) is 0.750. The van der Waals surface area contributed by atoms with Gasteiger partial charge in [0.25, 0.3) is 0 Å². The van der Waals surface area contributed by atoms with Crippen LogP contribution in [0.3, 0.4) is 0 Å². The minimum absolute atomic E-state index is 0.0112. The van der Waals surface area contributed by atoms with E-state index in [9.17, 15) is 4.79 Å². The molecule has 1 rings (SSSR count). The lowest BCUT2D eigenvalue weighted by Crippen LogP contribution is -2.25. The molecule has 0 radical (unpaired) electrons. The molecule has 0 unspecified atom stereocenters. The summed E-state index contributed by atoms with van der Waals surface area (Å²) in [7, 11) is 0. The van der Waals surface area contributed by atoms with Crippen molar-refractivity contribution in [3.05, 3.63) is 11.6 Å². The molecule has 0 amide bonds. The molecule has 0 aromatic carbocycles. The van der Waals surface area contributed by atoms with E-state index >= 15 is 0 Å². The molecular formula is C12H20O. The van der Waals surface area contributed by atoms with Crippen LogP contribution in [0.5, 0.6) is 0 Å². The third-order valence-corrected chi connectivity index (χ3v) is 3.18. The molecule has 1 heteroatoms. The summed E-state index contributed by atoms with van der Waals surface area (Å²) >= 11 is 0. The maximum atomic E-state index is 11.9. The lowest BCUT2D eigenvalue weighted by molar-refractivity contribution is -0.123. The first-order valence-electron chi connectivity index (χ1n) is 5.30. The van der Waals surface area contributed by atoms with Gasteiger partial charge in [0.1, 0.15) is 0 Å². The normalized spacial score (nSPS) is 19.9. The van der Waals surface area contributed by atoms with E-state index < -0.39 is 0 Å². The highest BCUT2D eigenvalue weighted by Crippen LogP contribution is 2.42. The highest BCUT2D eigenvalue weighted by Gasteiger charge is 2.37. The quantitative estimate of drug-likeness (QED) is 0.607. The summed E-state index contributed by atoms with van der Waals surface area (Å²) in [4.78, 5) is 11.9. The van der Waals surface area contributed by atoms with Gasteiger partial charge in [-0.15, -0.1) is 0 Å². The second-order valence-corrected chi connectivity index (χ2v) is 4.43. The third-order valence-electron chi connectivity index (χ3n) is 3.18. The molecular weight excluding hydrogens is 160 g/mol. The predicted octanol–water partition coefficient (Wildman–Crippen LogP) is 3.49. The van der Waals surface area contributed by atoms with Crippen LogP contribution >= 0.6 is 0 Å².